The zero-order valence-corrected chi connectivity index (χ0v) is 6.29. The van der Waals surface area contributed by atoms with Gasteiger partial charge in [-0.2, -0.15) is 0 Å². The maximum absolute atomic E-state index is 8.11. The summed E-state index contributed by atoms with van der Waals surface area (Å²) in [7, 11) is 0. The number of hydrogen-bond donors (Lipinski definition) is 1. The van der Waals surface area contributed by atoms with Crippen molar-refractivity contribution in [2.24, 2.45) is 11.1 Å². The lowest BCUT2D eigenvalue weighted by atomic mass is 10.0. The summed E-state index contributed by atoms with van der Waals surface area (Å²) in [4.78, 5) is 0. The van der Waals surface area contributed by atoms with Crippen LogP contribution in [0.2, 0.25) is 0 Å². The Balaban J connectivity index is 2.01. The van der Waals surface area contributed by atoms with E-state index >= 15 is 0 Å². The van der Waals surface area contributed by atoms with E-state index in [4.69, 9.17) is 5.21 Å². The van der Waals surface area contributed by atoms with Crippen molar-refractivity contribution >= 4 is 6.21 Å². The number of oxime groups is 1. The number of rotatable bonds is 3. The van der Waals surface area contributed by atoms with E-state index in [-0.39, 0.29) is 0 Å². The predicted octanol–water partition coefficient (Wildman–Crippen LogP) is 2.42. The molecule has 0 radical (unpaired) electrons. The van der Waals surface area contributed by atoms with Crippen molar-refractivity contribution in [3.8, 4) is 0 Å². The third-order valence-electron chi connectivity index (χ3n) is 2.26. The third-order valence-corrected chi connectivity index (χ3v) is 2.26. The molecule has 1 aliphatic carbocycles. The van der Waals surface area contributed by atoms with Gasteiger partial charge in [0.2, 0.25) is 0 Å². The van der Waals surface area contributed by atoms with E-state index in [1.54, 1.807) is 6.21 Å². The van der Waals surface area contributed by atoms with Gasteiger partial charge in [-0.25, -0.2) is 0 Å². The number of nitrogens with zero attached hydrogens (tertiary/aromatic N) is 1. The van der Waals surface area contributed by atoms with Gasteiger partial charge in [0.15, 0.2) is 0 Å². The van der Waals surface area contributed by atoms with Crippen LogP contribution in [0.15, 0.2) is 5.16 Å². The minimum atomic E-state index is 0.915. The maximum Gasteiger partial charge on any atom is 0.0436 e. The van der Waals surface area contributed by atoms with Crippen molar-refractivity contribution in [1.82, 2.24) is 0 Å². The Kier molecular flexibility index (Phi) is 3.27. The highest BCUT2D eigenvalue weighted by Crippen LogP contribution is 2.27. The predicted molar refractivity (Wildman–Crippen MR) is 41.5 cm³/mol. The van der Waals surface area contributed by atoms with Crippen molar-refractivity contribution in [1.29, 1.82) is 0 Å². The molecule has 1 N–H and O–H groups in total. The fourth-order valence-corrected chi connectivity index (χ4v) is 1.67. The van der Waals surface area contributed by atoms with Crippen LogP contribution in [0, 0.1) is 5.92 Å². The second-order valence-electron chi connectivity index (χ2n) is 3.03. The van der Waals surface area contributed by atoms with E-state index in [0.29, 0.717) is 0 Å². The third kappa shape index (κ3) is 2.38. The molecule has 1 fully saturated rings. The fourth-order valence-electron chi connectivity index (χ4n) is 1.67. The molecule has 0 aliphatic heterocycles. The Morgan fingerprint density at radius 2 is 2.10 bits per heavy atom. The zero-order valence-electron chi connectivity index (χ0n) is 6.29. The van der Waals surface area contributed by atoms with E-state index in [9.17, 15) is 0 Å². The summed E-state index contributed by atoms with van der Waals surface area (Å²) < 4.78 is 0. The Labute approximate surface area is 61.9 Å². The summed E-state index contributed by atoms with van der Waals surface area (Å²) in [5.41, 5.74) is 0. The Hall–Kier alpha value is -0.530. The van der Waals surface area contributed by atoms with Gasteiger partial charge in [0.25, 0.3) is 0 Å². The second-order valence-corrected chi connectivity index (χ2v) is 3.03. The minimum absolute atomic E-state index is 0.915. The lowest BCUT2D eigenvalue weighted by Crippen LogP contribution is -1.92. The molecule has 58 valence electrons. The monoisotopic (exact) mass is 141 g/mol. The SMILES string of the molecule is ON=CCCC1CCCC1. The first-order valence-electron chi connectivity index (χ1n) is 4.09. The molecular formula is C8H15NO. The van der Waals surface area contributed by atoms with E-state index in [1.165, 1.54) is 32.1 Å². The molecule has 0 amide bonds. The lowest BCUT2D eigenvalue weighted by Gasteiger charge is -2.03. The van der Waals surface area contributed by atoms with Gasteiger partial charge in [-0.15, -0.1) is 5.16 Å². The standard InChI is InChI=1S/C8H15NO/c10-9-7-3-6-8-4-1-2-5-8/h7-8,10H,1-6H2. The smallest absolute Gasteiger partial charge is 0.0436 e. The van der Waals surface area contributed by atoms with Gasteiger partial charge >= 0.3 is 0 Å². The molecule has 0 atom stereocenters. The first kappa shape index (κ1) is 7.58. The molecule has 0 aromatic heterocycles. The van der Waals surface area contributed by atoms with Gasteiger partial charge in [0.05, 0.1) is 0 Å². The van der Waals surface area contributed by atoms with Crippen LogP contribution in [-0.4, -0.2) is 11.4 Å². The van der Waals surface area contributed by atoms with E-state index in [0.717, 1.165) is 12.3 Å². The summed E-state index contributed by atoms with van der Waals surface area (Å²) >= 11 is 0. The zero-order chi connectivity index (χ0) is 7.23. The topological polar surface area (TPSA) is 32.6 Å². The van der Waals surface area contributed by atoms with Crippen LogP contribution in [0.5, 0.6) is 0 Å². The fraction of sp³-hybridized carbons (Fsp3) is 0.875. The van der Waals surface area contributed by atoms with Gasteiger partial charge < -0.3 is 5.21 Å². The lowest BCUT2D eigenvalue weighted by molar-refractivity contribution is 0.319. The van der Waals surface area contributed by atoms with Crippen LogP contribution in [0.1, 0.15) is 38.5 Å². The van der Waals surface area contributed by atoms with Crippen LogP contribution in [0.3, 0.4) is 0 Å². The van der Waals surface area contributed by atoms with Crippen LogP contribution in [0.4, 0.5) is 0 Å². The van der Waals surface area contributed by atoms with Crippen LogP contribution in [0.25, 0.3) is 0 Å². The summed E-state index contributed by atoms with van der Waals surface area (Å²) in [5, 5.41) is 11.1. The first-order valence-corrected chi connectivity index (χ1v) is 4.09. The molecule has 1 saturated carbocycles. The quantitative estimate of drug-likeness (QED) is 0.365. The highest BCUT2D eigenvalue weighted by atomic mass is 16.4. The van der Waals surface area contributed by atoms with Crippen LogP contribution >= 0.6 is 0 Å². The highest BCUT2D eigenvalue weighted by molar-refractivity contribution is 5.55. The average molecular weight is 141 g/mol. The normalized spacial score (nSPS) is 20.8. The van der Waals surface area contributed by atoms with Crippen LogP contribution < -0.4 is 0 Å². The van der Waals surface area contributed by atoms with Crippen molar-refractivity contribution in [2.75, 3.05) is 0 Å². The van der Waals surface area contributed by atoms with Crippen molar-refractivity contribution in [2.45, 2.75) is 38.5 Å². The molecule has 0 heterocycles. The molecule has 0 spiro atoms. The van der Waals surface area contributed by atoms with Gasteiger partial charge in [-0.05, 0) is 18.8 Å². The summed E-state index contributed by atoms with van der Waals surface area (Å²) in [6.07, 6.45) is 9.34. The molecule has 2 nitrogen and oxygen atoms in total. The maximum atomic E-state index is 8.11. The molecule has 0 unspecified atom stereocenters. The molecular weight excluding hydrogens is 126 g/mol. The Morgan fingerprint density at radius 1 is 1.40 bits per heavy atom. The van der Waals surface area contributed by atoms with Gasteiger partial charge in [0, 0.05) is 6.21 Å². The molecule has 2 heteroatoms. The van der Waals surface area contributed by atoms with E-state index in [1.807, 2.05) is 0 Å². The Bertz CT molecular complexity index is 106. The van der Waals surface area contributed by atoms with Gasteiger partial charge in [-0.3, -0.25) is 0 Å². The van der Waals surface area contributed by atoms with Crippen molar-refractivity contribution < 1.29 is 5.21 Å². The van der Waals surface area contributed by atoms with Gasteiger partial charge in [0.1, 0.15) is 0 Å². The Morgan fingerprint density at radius 3 is 2.70 bits per heavy atom. The minimum Gasteiger partial charge on any atom is -0.411 e. The highest BCUT2D eigenvalue weighted by Gasteiger charge is 2.13. The summed E-state index contributed by atoms with van der Waals surface area (Å²) in [6.45, 7) is 0. The average Bonchev–Trinajstić information content (AvgIpc) is 2.41. The molecule has 0 bridgehead atoms. The number of hydrogen-bond acceptors (Lipinski definition) is 2. The molecule has 0 aromatic rings. The molecule has 1 rings (SSSR count). The van der Waals surface area contributed by atoms with Crippen molar-refractivity contribution in [3.05, 3.63) is 0 Å². The van der Waals surface area contributed by atoms with Crippen molar-refractivity contribution in [3.63, 3.8) is 0 Å². The largest absolute Gasteiger partial charge is 0.411 e. The first-order chi connectivity index (χ1) is 4.93. The molecule has 0 saturated heterocycles. The summed E-state index contributed by atoms with van der Waals surface area (Å²) in [5.74, 6) is 0.915. The molecule has 0 aromatic carbocycles. The van der Waals surface area contributed by atoms with Gasteiger partial charge in [-0.1, -0.05) is 25.7 Å². The summed E-state index contributed by atoms with van der Waals surface area (Å²) in [6, 6.07) is 0. The van der Waals surface area contributed by atoms with E-state index < -0.39 is 0 Å². The van der Waals surface area contributed by atoms with E-state index in [2.05, 4.69) is 5.16 Å². The second kappa shape index (κ2) is 4.31. The molecule has 10 heavy (non-hydrogen) atoms. The molecule has 1 aliphatic rings. The van der Waals surface area contributed by atoms with Crippen LogP contribution in [-0.2, 0) is 0 Å².